The van der Waals surface area contributed by atoms with Crippen LogP contribution in [0.4, 0.5) is 17.1 Å². The highest BCUT2D eigenvalue weighted by atomic mass is 16.4. The van der Waals surface area contributed by atoms with E-state index in [1.807, 2.05) is 54.6 Å². The molecule has 0 saturated heterocycles. The zero-order chi connectivity index (χ0) is 31.2. The summed E-state index contributed by atoms with van der Waals surface area (Å²) in [5, 5.41) is 1.99. The van der Waals surface area contributed by atoms with Gasteiger partial charge in [-0.1, -0.05) is 109 Å². The minimum atomic E-state index is 0.594. The van der Waals surface area contributed by atoms with Gasteiger partial charge in [0.25, 0.3) is 0 Å². The van der Waals surface area contributed by atoms with E-state index in [2.05, 4.69) is 120 Å². The van der Waals surface area contributed by atoms with Crippen molar-refractivity contribution < 1.29 is 8.83 Å². The summed E-state index contributed by atoms with van der Waals surface area (Å²) in [4.78, 5) is 7.09. The second-order valence-corrected chi connectivity index (χ2v) is 11.6. The molecule has 7 aromatic carbocycles. The molecule has 4 heteroatoms. The second-order valence-electron chi connectivity index (χ2n) is 11.6. The lowest BCUT2D eigenvalue weighted by molar-refractivity contribution is 0.620. The molecule has 2 heterocycles. The Kier molecular flexibility index (Phi) is 6.43. The summed E-state index contributed by atoms with van der Waals surface area (Å²) in [5.74, 6) is 0.594. The van der Waals surface area contributed by atoms with Gasteiger partial charge in [-0.05, 0) is 76.9 Å². The van der Waals surface area contributed by atoms with Gasteiger partial charge in [0.15, 0.2) is 5.58 Å². The Morgan fingerprint density at radius 2 is 0.936 bits per heavy atom. The molecule has 0 spiro atoms. The first kappa shape index (κ1) is 27.0. The van der Waals surface area contributed by atoms with Crippen LogP contribution in [0.1, 0.15) is 0 Å². The average Bonchev–Trinajstić information content (AvgIpc) is 3.73. The minimum absolute atomic E-state index is 0.594. The number of oxazole rings is 1. The molecule has 0 N–H and O–H groups in total. The fourth-order valence-electron chi connectivity index (χ4n) is 6.41. The van der Waals surface area contributed by atoms with Crippen LogP contribution in [0.25, 0.3) is 66.7 Å². The predicted octanol–water partition coefficient (Wildman–Crippen LogP) is 12.2. The first-order valence-corrected chi connectivity index (χ1v) is 15.7. The van der Waals surface area contributed by atoms with Crippen LogP contribution in [0.15, 0.2) is 179 Å². The fourth-order valence-corrected chi connectivity index (χ4v) is 6.41. The standard InChI is InChI=1S/C43H28N2O2/c1-4-11-29(12-5-1)31-19-23-34(24-20-31)45(35-25-21-32(22-26-35)30-13-6-2-7-14-30)38-17-10-18-39-42(38)36-27-41-37(28-40(36)46-39)44-43(47-41)33-15-8-3-9-16-33/h1-28H. The SMILES string of the molecule is c1ccc(-c2ccc(N(c3ccc(-c4ccccc4)cc3)c3cccc4oc5cc6nc(-c7ccccc7)oc6cc5c34)cc2)cc1. The van der Waals surface area contributed by atoms with Gasteiger partial charge in [0.2, 0.25) is 5.89 Å². The lowest BCUT2D eigenvalue weighted by Gasteiger charge is -2.26. The molecule has 0 aliphatic carbocycles. The van der Waals surface area contributed by atoms with Crippen LogP contribution in [0, 0.1) is 0 Å². The zero-order valence-electron chi connectivity index (χ0n) is 25.4. The number of anilines is 3. The van der Waals surface area contributed by atoms with Gasteiger partial charge in [-0.2, -0.15) is 0 Å². The van der Waals surface area contributed by atoms with E-state index in [1.54, 1.807) is 0 Å². The largest absolute Gasteiger partial charge is 0.456 e. The fraction of sp³-hybridized carbons (Fsp3) is 0. The number of hydrogen-bond acceptors (Lipinski definition) is 4. The minimum Gasteiger partial charge on any atom is -0.456 e. The van der Waals surface area contributed by atoms with Crippen molar-refractivity contribution >= 4 is 50.1 Å². The van der Waals surface area contributed by atoms with Crippen LogP contribution >= 0.6 is 0 Å². The molecule has 0 radical (unpaired) electrons. The Labute approximate surface area is 271 Å². The topological polar surface area (TPSA) is 42.4 Å². The molecule has 0 atom stereocenters. The molecular weight excluding hydrogens is 576 g/mol. The molecule has 47 heavy (non-hydrogen) atoms. The van der Waals surface area contributed by atoms with Gasteiger partial charge >= 0.3 is 0 Å². The highest BCUT2D eigenvalue weighted by Crippen LogP contribution is 2.44. The van der Waals surface area contributed by atoms with Crippen molar-refractivity contribution in [3.8, 4) is 33.7 Å². The number of nitrogens with zero attached hydrogens (tertiary/aromatic N) is 2. The molecule has 0 bridgehead atoms. The Balaban J connectivity index is 1.22. The monoisotopic (exact) mass is 604 g/mol. The molecule has 2 aromatic heterocycles. The van der Waals surface area contributed by atoms with E-state index in [9.17, 15) is 0 Å². The third-order valence-electron chi connectivity index (χ3n) is 8.71. The highest BCUT2D eigenvalue weighted by Gasteiger charge is 2.21. The van der Waals surface area contributed by atoms with Crippen molar-refractivity contribution in [1.82, 2.24) is 4.98 Å². The van der Waals surface area contributed by atoms with Crippen LogP contribution in [0.2, 0.25) is 0 Å². The van der Waals surface area contributed by atoms with Crippen LogP contribution in [0.3, 0.4) is 0 Å². The number of furan rings is 1. The quantitative estimate of drug-likeness (QED) is 0.189. The van der Waals surface area contributed by atoms with Crippen molar-refractivity contribution in [2.75, 3.05) is 4.90 Å². The van der Waals surface area contributed by atoms with Crippen LogP contribution in [-0.2, 0) is 0 Å². The number of benzene rings is 7. The Morgan fingerprint density at radius 3 is 1.51 bits per heavy atom. The summed E-state index contributed by atoms with van der Waals surface area (Å²) in [6.45, 7) is 0. The molecule has 4 nitrogen and oxygen atoms in total. The van der Waals surface area contributed by atoms with Gasteiger partial charge in [0, 0.05) is 28.4 Å². The molecule has 0 saturated carbocycles. The van der Waals surface area contributed by atoms with E-state index in [0.29, 0.717) is 5.89 Å². The van der Waals surface area contributed by atoms with Gasteiger partial charge in [-0.3, -0.25) is 0 Å². The maximum absolute atomic E-state index is 6.48. The van der Waals surface area contributed by atoms with E-state index in [4.69, 9.17) is 13.8 Å². The molecule has 0 fully saturated rings. The Hall–Kier alpha value is -6.39. The number of fused-ring (bicyclic) bond motifs is 4. The second kappa shape index (κ2) is 11.2. The first-order valence-electron chi connectivity index (χ1n) is 15.7. The summed E-state index contributed by atoms with van der Waals surface area (Å²) in [7, 11) is 0. The van der Waals surface area contributed by atoms with E-state index >= 15 is 0 Å². The third kappa shape index (κ3) is 4.84. The molecule has 0 aliphatic rings. The van der Waals surface area contributed by atoms with Crippen LogP contribution < -0.4 is 4.90 Å². The van der Waals surface area contributed by atoms with Crippen molar-refractivity contribution in [1.29, 1.82) is 0 Å². The Morgan fingerprint density at radius 1 is 0.404 bits per heavy atom. The maximum atomic E-state index is 6.48. The maximum Gasteiger partial charge on any atom is 0.227 e. The van der Waals surface area contributed by atoms with Gasteiger partial charge < -0.3 is 13.7 Å². The van der Waals surface area contributed by atoms with Crippen LogP contribution in [0.5, 0.6) is 0 Å². The summed E-state index contributed by atoms with van der Waals surface area (Å²) in [6.07, 6.45) is 0. The summed E-state index contributed by atoms with van der Waals surface area (Å²) in [5.41, 5.74) is 11.8. The normalized spacial score (nSPS) is 11.4. The first-order chi connectivity index (χ1) is 23.3. The van der Waals surface area contributed by atoms with Crippen molar-refractivity contribution in [3.05, 3.63) is 170 Å². The van der Waals surface area contributed by atoms with Gasteiger partial charge in [0.1, 0.15) is 16.7 Å². The van der Waals surface area contributed by atoms with Gasteiger partial charge in [0.05, 0.1) is 11.1 Å². The highest BCUT2D eigenvalue weighted by molar-refractivity contribution is 6.15. The van der Waals surface area contributed by atoms with Crippen molar-refractivity contribution in [2.24, 2.45) is 0 Å². The number of aromatic nitrogens is 1. The van der Waals surface area contributed by atoms with E-state index in [0.717, 1.165) is 55.7 Å². The summed E-state index contributed by atoms with van der Waals surface area (Å²) < 4.78 is 12.8. The summed E-state index contributed by atoms with van der Waals surface area (Å²) >= 11 is 0. The molecule has 9 aromatic rings. The molecule has 0 amide bonds. The predicted molar refractivity (Wildman–Crippen MR) is 192 cm³/mol. The number of rotatable bonds is 6. The van der Waals surface area contributed by atoms with Crippen molar-refractivity contribution in [2.45, 2.75) is 0 Å². The third-order valence-corrected chi connectivity index (χ3v) is 8.71. The smallest absolute Gasteiger partial charge is 0.227 e. The lowest BCUT2D eigenvalue weighted by Crippen LogP contribution is -2.10. The van der Waals surface area contributed by atoms with E-state index in [-0.39, 0.29) is 0 Å². The average molecular weight is 605 g/mol. The molecule has 0 unspecified atom stereocenters. The molecular formula is C43H28N2O2. The molecule has 222 valence electrons. The lowest BCUT2D eigenvalue weighted by atomic mass is 10.0. The molecule has 0 aliphatic heterocycles. The van der Waals surface area contributed by atoms with Crippen LogP contribution in [-0.4, -0.2) is 4.98 Å². The zero-order valence-corrected chi connectivity index (χ0v) is 25.4. The van der Waals surface area contributed by atoms with Gasteiger partial charge in [-0.15, -0.1) is 0 Å². The van der Waals surface area contributed by atoms with Crippen molar-refractivity contribution in [3.63, 3.8) is 0 Å². The molecule has 9 rings (SSSR count). The van der Waals surface area contributed by atoms with Gasteiger partial charge in [-0.25, -0.2) is 4.98 Å². The van der Waals surface area contributed by atoms with E-state index in [1.165, 1.54) is 22.3 Å². The Bertz CT molecular complexity index is 2400. The summed E-state index contributed by atoms with van der Waals surface area (Å²) in [6, 6.07) is 58.7. The number of hydrogen-bond donors (Lipinski definition) is 0. The van der Waals surface area contributed by atoms with E-state index < -0.39 is 0 Å².